The van der Waals surface area contributed by atoms with Gasteiger partial charge >= 0.3 is 6.09 Å². The van der Waals surface area contributed by atoms with Gasteiger partial charge in [0.25, 0.3) is 0 Å². The third kappa shape index (κ3) is 3.49. The van der Waals surface area contributed by atoms with Gasteiger partial charge in [0.15, 0.2) is 0 Å². The molecule has 1 spiro atoms. The summed E-state index contributed by atoms with van der Waals surface area (Å²) >= 11 is 0. The zero-order chi connectivity index (χ0) is 19.9. The minimum atomic E-state index is -0.167. The standard InChI is InChI=1S/C23H37NO4/c1-16(2)7-8-17-9-11-22(17,3)20-19(26-4)18(10-12-23(20)15-27-23)28-21(25)24-13-5-6-14-24/h7,17-20H,5-6,8-15H2,1-4H3/t17-,18+,19+,20+,22-,23?/m0/s1. The first kappa shape index (κ1) is 20.2. The van der Waals surface area contributed by atoms with Crippen molar-refractivity contribution in [3.63, 3.8) is 0 Å². The van der Waals surface area contributed by atoms with Crippen molar-refractivity contribution in [2.75, 3.05) is 26.8 Å². The fourth-order valence-corrected chi connectivity index (χ4v) is 6.11. The van der Waals surface area contributed by atoms with E-state index in [0.717, 1.165) is 51.8 Å². The van der Waals surface area contributed by atoms with Crippen LogP contribution in [0.3, 0.4) is 0 Å². The van der Waals surface area contributed by atoms with Crippen LogP contribution < -0.4 is 0 Å². The van der Waals surface area contributed by atoms with Gasteiger partial charge in [0.1, 0.15) is 12.2 Å². The first-order valence-corrected chi connectivity index (χ1v) is 11.2. The molecular weight excluding hydrogens is 354 g/mol. The average molecular weight is 392 g/mol. The number of nitrogens with zero attached hydrogens (tertiary/aromatic N) is 1. The van der Waals surface area contributed by atoms with Crippen LogP contribution in [-0.4, -0.2) is 55.6 Å². The van der Waals surface area contributed by atoms with Gasteiger partial charge in [-0.15, -0.1) is 0 Å². The molecule has 2 aliphatic heterocycles. The van der Waals surface area contributed by atoms with Gasteiger partial charge in [-0.05, 0) is 70.1 Å². The molecule has 0 N–H and O–H groups in total. The lowest BCUT2D eigenvalue weighted by Crippen LogP contribution is -2.60. The Morgan fingerprint density at radius 3 is 2.46 bits per heavy atom. The van der Waals surface area contributed by atoms with E-state index in [1.54, 1.807) is 7.11 Å². The fourth-order valence-electron chi connectivity index (χ4n) is 6.11. The summed E-state index contributed by atoms with van der Waals surface area (Å²) in [5.74, 6) is 0.943. The van der Waals surface area contributed by atoms with Crippen LogP contribution in [0.15, 0.2) is 11.6 Å². The number of allylic oxidation sites excluding steroid dienone is 2. The van der Waals surface area contributed by atoms with Gasteiger partial charge in [-0.1, -0.05) is 18.6 Å². The van der Waals surface area contributed by atoms with Gasteiger partial charge in [-0.25, -0.2) is 4.79 Å². The number of likely N-dealkylation sites (tertiary alicyclic amines) is 1. The van der Waals surface area contributed by atoms with E-state index in [4.69, 9.17) is 14.2 Å². The van der Waals surface area contributed by atoms with Crippen LogP contribution in [0.4, 0.5) is 4.79 Å². The van der Waals surface area contributed by atoms with Crippen molar-refractivity contribution in [3.05, 3.63) is 11.6 Å². The van der Waals surface area contributed by atoms with E-state index in [0.29, 0.717) is 11.8 Å². The number of methoxy groups -OCH3 is 1. The molecule has 4 aliphatic rings. The van der Waals surface area contributed by atoms with Crippen LogP contribution in [0, 0.1) is 17.3 Å². The molecule has 0 radical (unpaired) electrons. The molecule has 2 aliphatic carbocycles. The Morgan fingerprint density at radius 2 is 1.93 bits per heavy atom. The van der Waals surface area contributed by atoms with Crippen LogP contribution in [0.2, 0.25) is 0 Å². The number of ether oxygens (including phenoxy) is 3. The van der Waals surface area contributed by atoms with Gasteiger partial charge in [0, 0.05) is 26.1 Å². The Morgan fingerprint density at radius 1 is 1.21 bits per heavy atom. The quantitative estimate of drug-likeness (QED) is 0.509. The maximum Gasteiger partial charge on any atom is 0.410 e. The molecule has 4 rings (SSSR count). The van der Waals surface area contributed by atoms with E-state index < -0.39 is 0 Å². The monoisotopic (exact) mass is 391 g/mol. The lowest BCUT2D eigenvalue weighted by atomic mass is 9.48. The first-order chi connectivity index (χ1) is 13.4. The summed E-state index contributed by atoms with van der Waals surface area (Å²) in [4.78, 5) is 14.5. The zero-order valence-corrected chi connectivity index (χ0v) is 18.0. The highest BCUT2D eigenvalue weighted by molar-refractivity contribution is 5.68. The Bertz CT molecular complexity index is 618. The summed E-state index contributed by atoms with van der Waals surface area (Å²) in [5, 5.41) is 0. The number of hydrogen-bond donors (Lipinski definition) is 0. The van der Waals surface area contributed by atoms with Crippen LogP contribution in [0.25, 0.3) is 0 Å². The highest BCUT2D eigenvalue weighted by Gasteiger charge is 2.67. The predicted molar refractivity (Wildman–Crippen MR) is 108 cm³/mol. The number of rotatable bonds is 5. The molecule has 0 bridgehead atoms. The van der Waals surface area contributed by atoms with Gasteiger partial charge < -0.3 is 19.1 Å². The summed E-state index contributed by atoms with van der Waals surface area (Å²) in [6.45, 7) is 9.24. The van der Waals surface area contributed by atoms with Crippen molar-refractivity contribution in [2.24, 2.45) is 17.3 Å². The molecule has 2 saturated heterocycles. The third-order valence-corrected chi connectivity index (χ3v) is 8.00. The molecule has 5 nitrogen and oxygen atoms in total. The maximum atomic E-state index is 12.6. The van der Waals surface area contributed by atoms with Crippen LogP contribution >= 0.6 is 0 Å². The van der Waals surface area contributed by atoms with E-state index in [1.165, 1.54) is 18.4 Å². The van der Waals surface area contributed by atoms with E-state index >= 15 is 0 Å². The molecule has 5 heteroatoms. The minimum absolute atomic E-state index is 0.0599. The molecule has 158 valence electrons. The molecule has 1 unspecified atom stereocenters. The van der Waals surface area contributed by atoms with Crippen molar-refractivity contribution in [3.8, 4) is 0 Å². The second-order valence-corrected chi connectivity index (χ2v) is 9.95. The summed E-state index contributed by atoms with van der Waals surface area (Å²) in [7, 11) is 1.78. The minimum Gasteiger partial charge on any atom is -0.443 e. The second-order valence-electron chi connectivity index (χ2n) is 9.95. The van der Waals surface area contributed by atoms with Crippen molar-refractivity contribution in [1.29, 1.82) is 0 Å². The number of carbonyl (C=O) groups is 1. The topological polar surface area (TPSA) is 51.3 Å². The molecule has 28 heavy (non-hydrogen) atoms. The molecule has 2 saturated carbocycles. The van der Waals surface area contributed by atoms with E-state index in [-0.39, 0.29) is 29.3 Å². The molecular formula is C23H37NO4. The normalized spacial score (nSPS) is 42.2. The highest BCUT2D eigenvalue weighted by Crippen LogP contribution is 2.63. The van der Waals surface area contributed by atoms with Crippen molar-refractivity contribution in [1.82, 2.24) is 4.90 Å². The Kier molecular flexibility index (Phi) is 5.51. The Hall–Kier alpha value is -1.07. The summed E-state index contributed by atoms with van der Waals surface area (Å²) < 4.78 is 18.2. The zero-order valence-electron chi connectivity index (χ0n) is 18.0. The molecule has 4 fully saturated rings. The Balaban J connectivity index is 1.52. The lowest BCUT2D eigenvalue weighted by molar-refractivity contribution is -0.173. The smallest absolute Gasteiger partial charge is 0.410 e. The maximum absolute atomic E-state index is 12.6. The fraction of sp³-hybridized carbons (Fsp3) is 0.870. The summed E-state index contributed by atoms with van der Waals surface area (Å²) in [6.07, 6.45) is 9.53. The van der Waals surface area contributed by atoms with Crippen molar-refractivity contribution < 1.29 is 19.0 Å². The molecule has 1 amide bonds. The summed E-state index contributed by atoms with van der Waals surface area (Å²) in [5.41, 5.74) is 1.51. The van der Waals surface area contributed by atoms with Crippen LogP contribution in [-0.2, 0) is 14.2 Å². The molecule has 2 heterocycles. The van der Waals surface area contributed by atoms with Crippen molar-refractivity contribution in [2.45, 2.75) is 83.5 Å². The van der Waals surface area contributed by atoms with Gasteiger partial charge in [-0.3, -0.25) is 0 Å². The molecule has 6 atom stereocenters. The van der Waals surface area contributed by atoms with Crippen molar-refractivity contribution >= 4 is 6.09 Å². The predicted octanol–water partition coefficient (Wildman–Crippen LogP) is 4.55. The lowest BCUT2D eigenvalue weighted by Gasteiger charge is -2.58. The number of hydrogen-bond acceptors (Lipinski definition) is 4. The van der Waals surface area contributed by atoms with Crippen LogP contribution in [0.1, 0.15) is 65.7 Å². The highest BCUT2D eigenvalue weighted by atomic mass is 16.6. The second kappa shape index (κ2) is 7.64. The number of amides is 1. The first-order valence-electron chi connectivity index (χ1n) is 11.2. The largest absolute Gasteiger partial charge is 0.443 e. The van der Waals surface area contributed by atoms with Crippen LogP contribution in [0.5, 0.6) is 0 Å². The van der Waals surface area contributed by atoms with E-state index in [1.807, 2.05) is 4.90 Å². The van der Waals surface area contributed by atoms with Gasteiger partial charge in [0.2, 0.25) is 0 Å². The molecule has 0 aromatic rings. The molecule has 0 aromatic carbocycles. The Labute approximate surface area is 169 Å². The van der Waals surface area contributed by atoms with E-state index in [2.05, 4.69) is 26.8 Å². The summed E-state index contributed by atoms with van der Waals surface area (Å²) in [6, 6.07) is 0. The van der Waals surface area contributed by atoms with E-state index in [9.17, 15) is 4.79 Å². The molecule has 0 aromatic heterocycles. The number of carbonyl (C=O) groups excluding carboxylic acids is 1. The van der Waals surface area contributed by atoms with Gasteiger partial charge in [-0.2, -0.15) is 0 Å². The van der Waals surface area contributed by atoms with Gasteiger partial charge in [0.05, 0.1) is 12.2 Å². The average Bonchev–Trinajstić information content (AvgIpc) is 3.19. The SMILES string of the molecule is CO[C@@H]1[C@H](OC(=O)N2CCCC2)CCC2(CO2)[C@H]1[C@@]1(C)CC[C@@H]1CC=C(C)C. The number of epoxide rings is 1. The third-order valence-electron chi connectivity index (χ3n) is 8.00.